The maximum Gasteiger partial charge on any atom is 0.193 e. The van der Waals surface area contributed by atoms with Gasteiger partial charge in [0.2, 0.25) is 0 Å². The Hall–Kier alpha value is -1.90. The van der Waals surface area contributed by atoms with Crippen LogP contribution in [0, 0.1) is 11.6 Å². The molecule has 0 aliphatic heterocycles. The lowest BCUT2D eigenvalue weighted by molar-refractivity contribution is 0.417. The molecule has 0 saturated heterocycles. The monoisotopic (exact) mass is 433 g/mol. The lowest BCUT2D eigenvalue weighted by Gasteiger charge is -2.10. The molecule has 0 amide bonds. The number of benzene rings is 2. The van der Waals surface area contributed by atoms with Gasteiger partial charge in [-0.05, 0) is 30.7 Å². The van der Waals surface area contributed by atoms with Gasteiger partial charge >= 0.3 is 0 Å². The number of hydrogen-bond acceptors (Lipinski definition) is 2. The molecule has 7 heteroatoms. The number of ether oxygens (including phenoxy) is 1. The standard InChI is InChI=1S/C16H17F2N3O.HI/c1-22-15-8-3-2-7-14(15)21-16(19)20-10-9-11-12(17)5-4-6-13(11)18;/h2-8H,9-10H2,1H3,(H3,19,20,21);1H. The smallest absolute Gasteiger partial charge is 0.193 e. The van der Waals surface area contributed by atoms with Crippen LogP contribution >= 0.6 is 24.0 Å². The lowest BCUT2D eigenvalue weighted by Crippen LogP contribution is -2.23. The summed E-state index contributed by atoms with van der Waals surface area (Å²) in [5, 5.41) is 2.89. The van der Waals surface area contributed by atoms with Crippen molar-refractivity contribution in [3.63, 3.8) is 0 Å². The Morgan fingerprint density at radius 1 is 1.13 bits per heavy atom. The van der Waals surface area contributed by atoms with E-state index in [2.05, 4.69) is 10.3 Å². The van der Waals surface area contributed by atoms with E-state index in [0.717, 1.165) is 0 Å². The lowest BCUT2D eigenvalue weighted by atomic mass is 10.1. The van der Waals surface area contributed by atoms with E-state index in [1.807, 2.05) is 12.1 Å². The van der Waals surface area contributed by atoms with E-state index in [1.54, 1.807) is 19.2 Å². The van der Waals surface area contributed by atoms with E-state index < -0.39 is 11.6 Å². The molecule has 0 atom stereocenters. The molecular weight excluding hydrogens is 415 g/mol. The molecule has 0 spiro atoms. The average molecular weight is 433 g/mol. The molecule has 2 aromatic rings. The highest BCUT2D eigenvalue weighted by Gasteiger charge is 2.07. The summed E-state index contributed by atoms with van der Waals surface area (Å²) in [5.41, 5.74) is 6.45. The first-order valence-electron chi connectivity index (χ1n) is 6.74. The minimum atomic E-state index is -0.577. The summed E-state index contributed by atoms with van der Waals surface area (Å²) in [5.74, 6) is -0.375. The van der Waals surface area contributed by atoms with Crippen molar-refractivity contribution in [1.82, 2.24) is 0 Å². The number of hydrogen-bond donors (Lipinski definition) is 2. The summed E-state index contributed by atoms with van der Waals surface area (Å²) in [6, 6.07) is 11.0. The number of nitrogens with two attached hydrogens (primary N) is 1. The predicted octanol–water partition coefficient (Wildman–Crippen LogP) is 3.56. The Morgan fingerprint density at radius 3 is 2.43 bits per heavy atom. The number of para-hydroxylation sites is 2. The SMILES string of the molecule is COc1ccccc1NC(N)=NCCc1c(F)cccc1F.I. The third-order valence-electron chi connectivity index (χ3n) is 3.08. The molecule has 0 aliphatic carbocycles. The molecule has 0 aromatic heterocycles. The van der Waals surface area contributed by atoms with Crippen molar-refractivity contribution in [2.45, 2.75) is 6.42 Å². The highest BCUT2D eigenvalue weighted by atomic mass is 127. The molecule has 0 fully saturated rings. The van der Waals surface area contributed by atoms with Crippen molar-refractivity contribution in [3.05, 3.63) is 59.7 Å². The fourth-order valence-electron chi connectivity index (χ4n) is 1.98. The maximum absolute atomic E-state index is 13.5. The van der Waals surface area contributed by atoms with E-state index in [1.165, 1.54) is 18.2 Å². The maximum atomic E-state index is 13.5. The van der Waals surface area contributed by atoms with Gasteiger partial charge in [-0.15, -0.1) is 24.0 Å². The zero-order chi connectivity index (χ0) is 15.9. The van der Waals surface area contributed by atoms with Crippen LogP contribution in [-0.4, -0.2) is 19.6 Å². The van der Waals surface area contributed by atoms with Crippen LogP contribution in [0.4, 0.5) is 14.5 Å². The largest absolute Gasteiger partial charge is 0.495 e. The van der Waals surface area contributed by atoms with Crippen molar-refractivity contribution < 1.29 is 13.5 Å². The first-order chi connectivity index (χ1) is 10.6. The predicted molar refractivity (Wildman–Crippen MR) is 98.6 cm³/mol. The summed E-state index contributed by atoms with van der Waals surface area (Å²) in [7, 11) is 1.55. The molecule has 0 aliphatic rings. The number of nitrogens with zero attached hydrogens (tertiary/aromatic N) is 1. The first kappa shape index (κ1) is 19.1. The van der Waals surface area contributed by atoms with E-state index in [4.69, 9.17) is 10.5 Å². The third-order valence-corrected chi connectivity index (χ3v) is 3.08. The first-order valence-corrected chi connectivity index (χ1v) is 6.74. The molecular formula is C16H18F2IN3O. The summed E-state index contributed by atoms with van der Waals surface area (Å²) in [4.78, 5) is 4.07. The van der Waals surface area contributed by atoms with Gasteiger partial charge in [-0.2, -0.15) is 0 Å². The molecule has 0 radical (unpaired) electrons. The molecule has 0 unspecified atom stereocenters. The van der Waals surface area contributed by atoms with Gasteiger partial charge in [0, 0.05) is 12.1 Å². The summed E-state index contributed by atoms with van der Waals surface area (Å²) in [6.45, 7) is 0.172. The fraction of sp³-hybridized carbons (Fsp3) is 0.188. The van der Waals surface area contributed by atoms with Crippen molar-refractivity contribution in [1.29, 1.82) is 0 Å². The Morgan fingerprint density at radius 2 is 1.78 bits per heavy atom. The van der Waals surface area contributed by atoms with Gasteiger partial charge < -0.3 is 15.8 Å². The second kappa shape index (κ2) is 9.29. The van der Waals surface area contributed by atoms with Gasteiger partial charge in [0.25, 0.3) is 0 Å². The number of nitrogens with one attached hydrogen (secondary N) is 1. The van der Waals surface area contributed by atoms with Gasteiger partial charge in [-0.3, -0.25) is 4.99 Å². The van der Waals surface area contributed by atoms with Crippen molar-refractivity contribution in [2.75, 3.05) is 19.0 Å². The average Bonchev–Trinajstić information content (AvgIpc) is 2.51. The second-order valence-corrected chi connectivity index (χ2v) is 4.54. The Kier molecular flexibility index (Phi) is 7.73. The Labute approximate surface area is 150 Å². The van der Waals surface area contributed by atoms with Gasteiger partial charge in [0.15, 0.2) is 5.96 Å². The molecule has 0 heterocycles. The topological polar surface area (TPSA) is 59.6 Å². The van der Waals surface area contributed by atoms with Crippen LogP contribution in [0.25, 0.3) is 0 Å². The van der Waals surface area contributed by atoms with Crippen LogP contribution in [0.15, 0.2) is 47.5 Å². The number of guanidine groups is 1. The van der Waals surface area contributed by atoms with Crippen LogP contribution in [0.1, 0.15) is 5.56 Å². The molecule has 2 rings (SSSR count). The fourth-order valence-corrected chi connectivity index (χ4v) is 1.98. The van der Waals surface area contributed by atoms with E-state index in [0.29, 0.717) is 11.4 Å². The molecule has 2 aromatic carbocycles. The number of methoxy groups -OCH3 is 1. The molecule has 124 valence electrons. The number of rotatable bonds is 5. The van der Waals surface area contributed by atoms with E-state index in [9.17, 15) is 8.78 Å². The van der Waals surface area contributed by atoms with Crippen LogP contribution in [-0.2, 0) is 6.42 Å². The van der Waals surface area contributed by atoms with Crippen molar-refractivity contribution in [2.24, 2.45) is 10.7 Å². The molecule has 0 bridgehead atoms. The normalized spacial score (nSPS) is 10.8. The number of halogens is 3. The van der Waals surface area contributed by atoms with Crippen LogP contribution in [0.5, 0.6) is 5.75 Å². The zero-order valence-electron chi connectivity index (χ0n) is 12.6. The van der Waals surface area contributed by atoms with Gasteiger partial charge in [0.1, 0.15) is 17.4 Å². The molecule has 0 saturated carbocycles. The van der Waals surface area contributed by atoms with Crippen LogP contribution in [0.2, 0.25) is 0 Å². The highest BCUT2D eigenvalue weighted by Crippen LogP contribution is 2.22. The minimum absolute atomic E-state index is 0. The molecule has 23 heavy (non-hydrogen) atoms. The van der Waals surface area contributed by atoms with Gasteiger partial charge in [-0.1, -0.05) is 18.2 Å². The Balaban J connectivity index is 0.00000264. The van der Waals surface area contributed by atoms with Gasteiger partial charge in [0.05, 0.1) is 12.8 Å². The molecule has 4 nitrogen and oxygen atoms in total. The number of anilines is 1. The van der Waals surface area contributed by atoms with E-state index in [-0.39, 0.29) is 48.5 Å². The van der Waals surface area contributed by atoms with Crippen molar-refractivity contribution >= 4 is 35.6 Å². The van der Waals surface area contributed by atoms with Crippen LogP contribution < -0.4 is 15.8 Å². The summed E-state index contributed by atoms with van der Waals surface area (Å²) < 4.78 is 32.1. The number of aliphatic imine (C=N–C) groups is 1. The van der Waals surface area contributed by atoms with Gasteiger partial charge in [-0.25, -0.2) is 8.78 Å². The summed E-state index contributed by atoms with van der Waals surface area (Å²) in [6.07, 6.45) is 0.132. The zero-order valence-corrected chi connectivity index (χ0v) is 14.9. The highest BCUT2D eigenvalue weighted by molar-refractivity contribution is 14.0. The Bertz CT molecular complexity index is 660. The van der Waals surface area contributed by atoms with Crippen LogP contribution in [0.3, 0.4) is 0 Å². The third kappa shape index (κ3) is 5.34. The van der Waals surface area contributed by atoms with E-state index >= 15 is 0 Å². The second-order valence-electron chi connectivity index (χ2n) is 4.54. The quantitative estimate of drug-likeness (QED) is 0.431. The molecule has 3 N–H and O–H groups in total. The summed E-state index contributed by atoms with van der Waals surface area (Å²) >= 11 is 0. The van der Waals surface area contributed by atoms with Crippen molar-refractivity contribution in [3.8, 4) is 5.75 Å². The minimum Gasteiger partial charge on any atom is -0.495 e.